The average Bonchev–Trinajstić information content (AvgIpc) is 2.67. The number of carbonyl (C=O) groups is 2. The summed E-state index contributed by atoms with van der Waals surface area (Å²) >= 11 is 0. The lowest BCUT2D eigenvalue weighted by Gasteiger charge is -2.03. The van der Waals surface area contributed by atoms with Gasteiger partial charge in [-0.3, -0.25) is 0 Å². The second-order valence-corrected chi connectivity index (χ2v) is 2.33. The SMILES string of the molecule is CCOC(=O)COC(=O)n1ccnc1. The summed E-state index contributed by atoms with van der Waals surface area (Å²) in [7, 11) is 0. The Kier molecular flexibility index (Phi) is 3.66. The van der Waals surface area contributed by atoms with Gasteiger partial charge < -0.3 is 9.47 Å². The van der Waals surface area contributed by atoms with Crippen LogP contribution in [0.4, 0.5) is 4.79 Å². The van der Waals surface area contributed by atoms with E-state index in [0.717, 1.165) is 4.57 Å². The standard InChI is InChI=1S/C8H10N2O4/c1-2-13-7(11)5-14-8(12)10-4-3-9-6-10/h3-4,6H,2,5H2,1H3. The van der Waals surface area contributed by atoms with Crippen LogP contribution in [0.1, 0.15) is 6.92 Å². The summed E-state index contributed by atoms with van der Waals surface area (Å²) in [6.45, 7) is 1.56. The van der Waals surface area contributed by atoms with E-state index < -0.39 is 12.1 Å². The Labute approximate surface area is 80.4 Å². The highest BCUT2D eigenvalue weighted by molar-refractivity contribution is 5.76. The third kappa shape index (κ3) is 2.89. The smallest absolute Gasteiger partial charge is 0.419 e. The van der Waals surface area contributed by atoms with E-state index in [9.17, 15) is 9.59 Å². The first kappa shape index (κ1) is 10.2. The predicted octanol–water partition coefficient (Wildman–Crippen LogP) is 0.431. The van der Waals surface area contributed by atoms with Gasteiger partial charge in [0.2, 0.25) is 0 Å². The number of hydrogen-bond donors (Lipinski definition) is 0. The van der Waals surface area contributed by atoms with Crippen molar-refractivity contribution < 1.29 is 19.1 Å². The van der Waals surface area contributed by atoms with Crippen LogP contribution in [-0.4, -0.2) is 34.8 Å². The van der Waals surface area contributed by atoms with Crippen LogP contribution < -0.4 is 0 Å². The molecule has 0 fully saturated rings. The molecule has 0 spiro atoms. The fraction of sp³-hybridized carbons (Fsp3) is 0.375. The molecule has 14 heavy (non-hydrogen) atoms. The molecular weight excluding hydrogens is 188 g/mol. The van der Waals surface area contributed by atoms with Crippen molar-refractivity contribution in [2.75, 3.05) is 13.2 Å². The van der Waals surface area contributed by atoms with E-state index in [1.165, 1.54) is 18.7 Å². The van der Waals surface area contributed by atoms with Crippen molar-refractivity contribution >= 4 is 12.1 Å². The number of aromatic nitrogens is 2. The van der Waals surface area contributed by atoms with Crippen molar-refractivity contribution in [1.82, 2.24) is 9.55 Å². The summed E-state index contributed by atoms with van der Waals surface area (Å²) in [4.78, 5) is 25.6. The first-order chi connectivity index (χ1) is 6.74. The van der Waals surface area contributed by atoms with Gasteiger partial charge in [-0.2, -0.15) is 0 Å². The van der Waals surface area contributed by atoms with E-state index in [1.807, 2.05) is 0 Å². The van der Waals surface area contributed by atoms with Crippen molar-refractivity contribution in [1.29, 1.82) is 0 Å². The summed E-state index contributed by atoms with van der Waals surface area (Å²) in [6, 6.07) is 0. The highest BCUT2D eigenvalue weighted by Crippen LogP contribution is 1.90. The Hall–Kier alpha value is -1.85. The molecule has 6 heteroatoms. The van der Waals surface area contributed by atoms with Gasteiger partial charge in [-0.25, -0.2) is 19.1 Å². The zero-order chi connectivity index (χ0) is 10.4. The van der Waals surface area contributed by atoms with Crippen LogP contribution in [0.25, 0.3) is 0 Å². The Morgan fingerprint density at radius 2 is 2.21 bits per heavy atom. The summed E-state index contributed by atoms with van der Waals surface area (Å²) < 4.78 is 10.3. The highest BCUT2D eigenvalue weighted by Gasteiger charge is 2.08. The van der Waals surface area contributed by atoms with E-state index in [0.29, 0.717) is 0 Å². The number of nitrogens with zero attached hydrogens (tertiary/aromatic N) is 2. The fourth-order valence-corrected chi connectivity index (χ4v) is 0.765. The Morgan fingerprint density at radius 1 is 1.43 bits per heavy atom. The largest absolute Gasteiger partial charge is 0.463 e. The number of esters is 1. The molecule has 0 aliphatic rings. The summed E-state index contributed by atoms with van der Waals surface area (Å²) in [5, 5.41) is 0. The average molecular weight is 198 g/mol. The maximum Gasteiger partial charge on any atom is 0.419 e. The molecule has 1 aromatic heterocycles. The molecule has 6 nitrogen and oxygen atoms in total. The number of carbonyl (C=O) groups excluding carboxylic acids is 2. The van der Waals surface area contributed by atoms with Crippen LogP contribution in [0.15, 0.2) is 18.7 Å². The highest BCUT2D eigenvalue weighted by atomic mass is 16.6. The topological polar surface area (TPSA) is 70.4 Å². The molecule has 0 aromatic carbocycles. The Morgan fingerprint density at radius 3 is 2.79 bits per heavy atom. The summed E-state index contributed by atoms with van der Waals surface area (Å²) in [6.07, 6.45) is 3.49. The van der Waals surface area contributed by atoms with E-state index in [1.54, 1.807) is 6.92 Å². The first-order valence-corrected chi connectivity index (χ1v) is 4.04. The first-order valence-electron chi connectivity index (χ1n) is 4.04. The second-order valence-electron chi connectivity index (χ2n) is 2.33. The molecule has 1 rings (SSSR count). The number of hydrogen-bond acceptors (Lipinski definition) is 5. The zero-order valence-corrected chi connectivity index (χ0v) is 7.67. The van der Waals surface area contributed by atoms with Crippen LogP contribution in [0.5, 0.6) is 0 Å². The van der Waals surface area contributed by atoms with Crippen molar-refractivity contribution in [3.63, 3.8) is 0 Å². The lowest BCUT2D eigenvalue weighted by Crippen LogP contribution is -2.19. The van der Waals surface area contributed by atoms with E-state index >= 15 is 0 Å². The van der Waals surface area contributed by atoms with Crippen LogP contribution in [0.3, 0.4) is 0 Å². The molecule has 0 unspecified atom stereocenters. The molecule has 0 saturated carbocycles. The minimum atomic E-state index is -0.657. The molecule has 0 bridgehead atoms. The van der Waals surface area contributed by atoms with E-state index in [-0.39, 0.29) is 13.2 Å². The zero-order valence-electron chi connectivity index (χ0n) is 7.67. The van der Waals surface area contributed by atoms with Gasteiger partial charge in [0.25, 0.3) is 0 Å². The quantitative estimate of drug-likeness (QED) is 0.658. The normalized spacial score (nSPS) is 9.50. The molecule has 0 atom stereocenters. The van der Waals surface area contributed by atoms with Crippen LogP contribution in [-0.2, 0) is 14.3 Å². The molecule has 0 aliphatic carbocycles. The fourth-order valence-electron chi connectivity index (χ4n) is 0.765. The second kappa shape index (κ2) is 5.00. The van der Waals surface area contributed by atoms with Gasteiger partial charge in [0.15, 0.2) is 6.61 Å². The van der Waals surface area contributed by atoms with Crippen molar-refractivity contribution in [3.05, 3.63) is 18.7 Å². The van der Waals surface area contributed by atoms with Gasteiger partial charge >= 0.3 is 12.1 Å². The van der Waals surface area contributed by atoms with Gasteiger partial charge in [-0.15, -0.1) is 0 Å². The third-order valence-electron chi connectivity index (χ3n) is 1.33. The van der Waals surface area contributed by atoms with Gasteiger partial charge in [0, 0.05) is 12.4 Å². The Bertz CT molecular complexity index is 307. The van der Waals surface area contributed by atoms with E-state index in [2.05, 4.69) is 14.5 Å². The Balaban J connectivity index is 2.32. The van der Waals surface area contributed by atoms with Crippen molar-refractivity contribution in [2.45, 2.75) is 6.92 Å². The molecule has 0 aliphatic heterocycles. The molecule has 0 amide bonds. The van der Waals surface area contributed by atoms with Crippen molar-refractivity contribution in [3.8, 4) is 0 Å². The third-order valence-corrected chi connectivity index (χ3v) is 1.33. The van der Waals surface area contributed by atoms with Gasteiger partial charge in [0.1, 0.15) is 6.33 Å². The molecule has 0 saturated heterocycles. The van der Waals surface area contributed by atoms with Crippen LogP contribution in [0.2, 0.25) is 0 Å². The maximum absolute atomic E-state index is 11.1. The van der Waals surface area contributed by atoms with E-state index in [4.69, 9.17) is 0 Å². The molecule has 0 radical (unpaired) electrons. The monoisotopic (exact) mass is 198 g/mol. The van der Waals surface area contributed by atoms with Crippen LogP contribution in [0, 0.1) is 0 Å². The molecule has 0 N–H and O–H groups in total. The molecule has 1 aromatic rings. The maximum atomic E-state index is 11.1. The minimum absolute atomic E-state index is 0.265. The van der Waals surface area contributed by atoms with Crippen molar-refractivity contribution in [2.24, 2.45) is 0 Å². The molecule has 1 heterocycles. The predicted molar refractivity (Wildman–Crippen MR) is 45.6 cm³/mol. The summed E-state index contributed by atoms with van der Waals surface area (Å²) in [5.41, 5.74) is 0. The van der Waals surface area contributed by atoms with Gasteiger partial charge in [-0.1, -0.05) is 0 Å². The number of ether oxygens (including phenoxy) is 2. The van der Waals surface area contributed by atoms with Crippen LogP contribution >= 0.6 is 0 Å². The van der Waals surface area contributed by atoms with Gasteiger partial charge in [0.05, 0.1) is 6.61 Å². The number of rotatable bonds is 3. The number of imidazole rings is 1. The molecule has 76 valence electrons. The lowest BCUT2D eigenvalue weighted by atomic mass is 10.7. The minimum Gasteiger partial charge on any atom is -0.463 e. The lowest BCUT2D eigenvalue weighted by molar-refractivity contribution is -0.146. The summed E-state index contributed by atoms with van der Waals surface area (Å²) in [5.74, 6) is -0.569. The molecular formula is C8H10N2O4. The van der Waals surface area contributed by atoms with Gasteiger partial charge in [-0.05, 0) is 6.92 Å².